The number of hydrogen-bond acceptors (Lipinski definition) is 7. The van der Waals surface area contributed by atoms with Gasteiger partial charge in [-0.15, -0.1) is 0 Å². The van der Waals surface area contributed by atoms with Crippen LogP contribution < -0.4 is 20.5 Å². The van der Waals surface area contributed by atoms with Crippen molar-refractivity contribution in [1.29, 1.82) is 0 Å². The summed E-state index contributed by atoms with van der Waals surface area (Å²) in [6.45, 7) is 0. The Hall–Kier alpha value is -3.83. The van der Waals surface area contributed by atoms with Gasteiger partial charge in [0.1, 0.15) is 16.3 Å². The van der Waals surface area contributed by atoms with Gasteiger partial charge in [-0.25, -0.2) is 8.42 Å². The zero-order chi connectivity index (χ0) is 23.5. The maximum absolute atomic E-state index is 12.9. The summed E-state index contributed by atoms with van der Waals surface area (Å²) in [4.78, 5) is 22.7. The molecule has 4 N–H and O–H groups in total. The summed E-state index contributed by atoms with van der Waals surface area (Å²) in [5.41, 5.74) is 5.30. The number of nitrogens with two attached hydrogens (primary N) is 1. The minimum absolute atomic E-state index is 0.0275. The topological polar surface area (TPSA) is 154 Å². The van der Waals surface area contributed by atoms with Crippen LogP contribution in [0, 0.1) is 10.1 Å². The first-order valence-electron chi connectivity index (χ1n) is 8.93. The molecule has 3 rings (SSSR count). The Morgan fingerprint density at radius 2 is 1.84 bits per heavy atom. The van der Waals surface area contributed by atoms with Gasteiger partial charge in [0.2, 0.25) is 0 Å². The molecular formula is C20H17ClN4O6S. The van der Waals surface area contributed by atoms with E-state index in [0.717, 1.165) is 6.07 Å². The average molecular weight is 477 g/mol. The number of nitrogens with zero attached hydrogens (tertiary/aromatic N) is 1. The van der Waals surface area contributed by atoms with E-state index >= 15 is 0 Å². The predicted molar refractivity (Wildman–Crippen MR) is 121 cm³/mol. The van der Waals surface area contributed by atoms with E-state index < -0.39 is 26.5 Å². The van der Waals surface area contributed by atoms with Crippen molar-refractivity contribution in [3.05, 3.63) is 81.4 Å². The molecule has 0 radical (unpaired) electrons. The van der Waals surface area contributed by atoms with Gasteiger partial charge in [0.05, 0.1) is 22.7 Å². The third-order valence-corrected chi connectivity index (χ3v) is 6.03. The normalized spacial score (nSPS) is 10.9. The maximum Gasteiger partial charge on any atom is 0.292 e. The second-order valence-electron chi connectivity index (χ2n) is 6.44. The Kier molecular flexibility index (Phi) is 6.51. The number of sulfonamides is 1. The van der Waals surface area contributed by atoms with Gasteiger partial charge in [0.15, 0.2) is 0 Å². The van der Waals surface area contributed by atoms with Crippen LogP contribution in [-0.2, 0) is 10.0 Å². The zero-order valence-corrected chi connectivity index (χ0v) is 18.1. The highest BCUT2D eigenvalue weighted by Crippen LogP contribution is 2.31. The molecule has 0 fully saturated rings. The van der Waals surface area contributed by atoms with Crippen LogP contribution in [0.4, 0.5) is 22.7 Å². The van der Waals surface area contributed by atoms with Crippen LogP contribution in [0.2, 0.25) is 5.02 Å². The standard InChI is InChI=1S/C20H17ClN4O6S/c1-31-18-9-7-13(23-20(26)12-6-8-15(22)17(10-12)25(27)28)11-19(18)32(29,30)24-16-5-3-2-4-14(16)21/h2-11,24H,22H2,1H3,(H,23,26). The SMILES string of the molecule is COc1ccc(NC(=O)c2ccc(N)c([N+](=O)[O-])c2)cc1S(=O)(=O)Nc1ccccc1Cl. The molecule has 3 aromatic rings. The highest BCUT2D eigenvalue weighted by atomic mass is 35.5. The largest absolute Gasteiger partial charge is 0.495 e. The number of para-hydroxylation sites is 1. The molecule has 0 saturated carbocycles. The van der Waals surface area contributed by atoms with E-state index in [1.165, 1.54) is 49.6 Å². The van der Waals surface area contributed by atoms with Gasteiger partial charge in [0, 0.05) is 17.3 Å². The van der Waals surface area contributed by atoms with Gasteiger partial charge in [-0.3, -0.25) is 19.6 Å². The zero-order valence-electron chi connectivity index (χ0n) is 16.5. The first-order chi connectivity index (χ1) is 15.1. The van der Waals surface area contributed by atoms with Gasteiger partial charge in [-0.1, -0.05) is 23.7 Å². The number of nitrogen functional groups attached to an aromatic ring is 1. The highest BCUT2D eigenvalue weighted by Gasteiger charge is 2.22. The summed E-state index contributed by atoms with van der Waals surface area (Å²) in [5.74, 6) is -0.661. The Labute approximate surface area is 188 Å². The van der Waals surface area contributed by atoms with Crippen molar-refractivity contribution in [2.75, 3.05) is 22.9 Å². The molecule has 0 aromatic heterocycles. The van der Waals surface area contributed by atoms with Crippen molar-refractivity contribution in [1.82, 2.24) is 0 Å². The molecule has 3 aromatic carbocycles. The Morgan fingerprint density at radius 3 is 2.50 bits per heavy atom. The number of carbonyl (C=O) groups is 1. The number of anilines is 3. The van der Waals surface area contributed by atoms with Crippen LogP contribution in [0.3, 0.4) is 0 Å². The summed E-state index contributed by atoms with van der Waals surface area (Å²) < 4.78 is 33.4. The summed E-state index contributed by atoms with van der Waals surface area (Å²) in [6.07, 6.45) is 0. The molecule has 0 atom stereocenters. The first kappa shape index (κ1) is 22.8. The predicted octanol–water partition coefficient (Wildman–Crippen LogP) is 3.89. The van der Waals surface area contributed by atoms with Crippen molar-refractivity contribution in [3.8, 4) is 5.75 Å². The molecule has 1 amide bonds. The van der Waals surface area contributed by atoms with Crippen LogP contribution in [0.1, 0.15) is 10.4 Å². The van der Waals surface area contributed by atoms with Gasteiger partial charge in [0.25, 0.3) is 21.6 Å². The number of nitro benzene ring substituents is 1. The third-order valence-electron chi connectivity index (χ3n) is 4.32. The molecule has 0 aliphatic rings. The summed E-state index contributed by atoms with van der Waals surface area (Å²) >= 11 is 6.03. The Bertz CT molecular complexity index is 1310. The van der Waals surface area contributed by atoms with Gasteiger partial charge in [-0.05, 0) is 42.5 Å². The van der Waals surface area contributed by atoms with E-state index in [-0.39, 0.29) is 38.3 Å². The second kappa shape index (κ2) is 9.12. The van der Waals surface area contributed by atoms with Crippen molar-refractivity contribution in [2.24, 2.45) is 0 Å². The number of methoxy groups -OCH3 is 1. The Balaban J connectivity index is 1.93. The van der Waals surface area contributed by atoms with Gasteiger partial charge >= 0.3 is 0 Å². The molecule has 0 saturated heterocycles. The minimum Gasteiger partial charge on any atom is -0.495 e. The van der Waals surface area contributed by atoms with E-state index in [2.05, 4.69) is 10.0 Å². The third kappa shape index (κ3) is 4.90. The maximum atomic E-state index is 12.9. The van der Waals surface area contributed by atoms with E-state index in [0.29, 0.717) is 0 Å². The van der Waals surface area contributed by atoms with E-state index in [1.807, 2.05) is 0 Å². The molecule has 0 spiro atoms. The summed E-state index contributed by atoms with van der Waals surface area (Å²) in [7, 11) is -2.84. The summed E-state index contributed by atoms with van der Waals surface area (Å²) in [6, 6.07) is 13.9. The molecular weight excluding hydrogens is 460 g/mol. The molecule has 0 heterocycles. The van der Waals surface area contributed by atoms with Crippen LogP contribution in [-0.4, -0.2) is 26.4 Å². The number of ether oxygens (including phenoxy) is 1. The fourth-order valence-electron chi connectivity index (χ4n) is 2.75. The highest BCUT2D eigenvalue weighted by molar-refractivity contribution is 7.92. The van der Waals surface area contributed by atoms with E-state index in [4.69, 9.17) is 22.1 Å². The fraction of sp³-hybridized carbons (Fsp3) is 0.0500. The molecule has 32 heavy (non-hydrogen) atoms. The summed E-state index contributed by atoms with van der Waals surface area (Å²) in [5, 5.41) is 13.8. The van der Waals surface area contributed by atoms with Crippen LogP contribution in [0.25, 0.3) is 0 Å². The van der Waals surface area contributed by atoms with Crippen LogP contribution in [0.5, 0.6) is 5.75 Å². The lowest BCUT2D eigenvalue weighted by molar-refractivity contribution is -0.383. The smallest absolute Gasteiger partial charge is 0.292 e. The van der Waals surface area contributed by atoms with Crippen molar-refractivity contribution >= 4 is 50.3 Å². The number of carbonyl (C=O) groups excluding carboxylic acids is 1. The molecule has 0 aliphatic heterocycles. The molecule has 12 heteroatoms. The van der Waals surface area contributed by atoms with Crippen LogP contribution in [0.15, 0.2) is 65.6 Å². The number of halogens is 1. The number of nitrogens with one attached hydrogen (secondary N) is 2. The number of rotatable bonds is 7. The quantitative estimate of drug-likeness (QED) is 0.265. The van der Waals surface area contributed by atoms with Crippen molar-refractivity contribution < 1.29 is 22.9 Å². The lowest BCUT2D eigenvalue weighted by atomic mass is 10.1. The van der Waals surface area contributed by atoms with E-state index in [9.17, 15) is 23.3 Å². The monoisotopic (exact) mass is 476 g/mol. The molecule has 166 valence electrons. The fourth-order valence-corrected chi connectivity index (χ4v) is 4.27. The van der Waals surface area contributed by atoms with Gasteiger partial charge in [-0.2, -0.15) is 0 Å². The molecule has 0 unspecified atom stereocenters. The average Bonchev–Trinajstić information content (AvgIpc) is 2.75. The van der Waals surface area contributed by atoms with Crippen molar-refractivity contribution in [3.63, 3.8) is 0 Å². The molecule has 10 nitrogen and oxygen atoms in total. The molecule has 0 aliphatic carbocycles. The van der Waals surface area contributed by atoms with E-state index in [1.54, 1.807) is 12.1 Å². The number of hydrogen-bond donors (Lipinski definition) is 3. The second-order valence-corrected chi connectivity index (χ2v) is 8.49. The number of benzene rings is 3. The minimum atomic E-state index is -4.14. The van der Waals surface area contributed by atoms with Crippen LogP contribution >= 0.6 is 11.6 Å². The number of amides is 1. The lowest BCUT2D eigenvalue weighted by Crippen LogP contribution is -2.16. The van der Waals surface area contributed by atoms with Crippen molar-refractivity contribution in [2.45, 2.75) is 4.90 Å². The lowest BCUT2D eigenvalue weighted by Gasteiger charge is -2.14. The van der Waals surface area contributed by atoms with Gasteiger partial charge < -0.3 is 15.8 Å². The molecule has 0 bridgehead atoms. The number of nitro groups is 1. The Morgan fingerprint density at radius 1 is 1.12 bits per heavy atom. The first-order valence-corrected chi connectivity index (χ1v) is 10.8.